The molecule has 0 fully saturated rings. The van der Waals surface area contributed by atoms with Gasteiger partial charge in [-0.1, -0.05) is 18.2 Å². The molecule has 1 aliphatic rings. The molecule has 9 nitrogen and oxygen atoms in total. The predicted octanol–water partition coefficient (Wildman–Crippen LogP) is 2.74. The normalized spacial score (nSPS) is 11.8. The topological polar surface area (TPSA) is 107 Å². The van der Waals surface area contributed by atoms with Crippen molar-refractivity contribution in [2.75, 3.05) is 24.5 Å². The van der Waals surface area contributed by atoms with Gasteiger partial charge in [0.05, 0.1) is 24.6 Å². The van der Waals surface area contributed by atoms with Crippen LogP contribution in [0.2, 0.25) is 0 Å². The second-order valence-corrected chi connectivity index (χ2v) is 5.87. The van der Waals surface area contributed by atoms with Crippen molar-refractivity contribution in [2.24, 2.45) is 0 Å². The van der Waals surface area contributed by atoms with E-state index in [0.29, 0.717) is 35.3 Å². The number of aromatic nitrogens is 3. The molecule has 0 atom stereocenters. The highest BCUT2D eigenvalue weighted by atomic mass is 16.7. The van der Waals surface area contributed by atoms with E-state index in [4.69, 9.17) is 14.2 Å². The van der Waals surface area contributed by atoms with Crippen LogP contribution in [0.5, 0.6) is 11.5 Å². The average molecular weight is 379 g/mol. The fourth-order valence-electron chi connectivity index (χ4n) is 2.69. The molecule has 28 heavy (non-hydrogen) atoms. The number of rotatable bonds is 6. The molecule has 0 bridgehead atoms. The van der Waals surface area contributed by atoms with E-state index in [1.807, 2.05) is 24.3 Å². The zero-order valence-corrected chi connectivity index (χ0v) is 15.0. The molecule has 142 valence electrons. The summed E-state index contributed by atoms with van der Waals surface area (Å²) in [5, 5.41) is 14.1. The highest BCUT2D eigenvalue weighted by Gasteiger charge is 2.14. The maximum absolute atomic E-state index is 11.9. The van der Waals surface area contributed by atoms with Gasteiger partial charge in [0, 0.05) is 6.54 Å². The van der Waals surface area contributed by atoms with Gasteiger partial charge in [0.1, 0.15) is 0 Å². The van der Waals surface area contributed by atoms with Crippen LogP contribution in [0.1, 0.15) is 15.9 Å². The number of para-hydroxylation sites is 1. The molecule has 0 aliphatic carbocycles. The molecule has 1 aromatic heterocycles. The zero-order valence-electron chi connectivity index (χ0n) is 15.0. The predicted molar refractivity (Wildman–Crippen MR) is 101 cm³/mol. The molecule has 0 saturated carbocycles. The number of carbonyl (C=O) groups is 1. The Morgan fingerprint density at radius 2 is 2.04 bits per heavy atom. The lowest BCUT2D eigenvalue weighted by atomic mass is 10.2. The molecule has 3 aromatic rings. The number of anilines is 3. The van der Waals surface area contributed by atoms with Crippen LogP contribution in [0.4, 0.5) is 17.5 Å². The SMILES string of the molecule is COC(=O)c1ccccc1Nc1cnnc(NCc2ccc3c(c2)OCO3)n1. The number of hydrogen-bond donors (Lipinski definition) is 2. The van der Waals surface area contributed by atoms with E-state index in [1.54, 1.807) is 18.2 Å². The molecule has 0 saturated heterocycles. The first kappa shape index (κ1) is 17.5. The van der Waals surface area contributed by atoms with Gasteiger partial charge in [-0.25, -0.2) is 4.79 Å². The van der Waals surface area contributed by atoms with E-state index in [0.717, 1.165) is 11.3 Å². The standard InChI is InChI=1S/C19H17N5O4/c1-26-18(25)13-4-2-3-5-14(13)22-17-10-21-24-19(23-17)20-9-12-6-7-15-16(8-12)28-11-27-15/h2-8,10H,9,11H2,1H3,(H2,20,22,23,24). The number of fused-ring (bicyclic) bond motifs is 1. The molecule has 9 heteroatoms. The van der Waals surface area contributed by atoms with Gasteiger partial charge in [-0.3, -0.25) is 0 Å². The van der Waals surface area contributed by atoms with E-state index >= 15 is 0 Å². The molecule has 2 heterocycles. The summed E-state index contributed by atoms with van der Waals surface area (Å²) in [5.41, 5.74) is 1.96. The average Bonchev–Trinajstić information content (AvgIpc) is 3.20. The maximum atomic E-state index is 11.9. The first-order valence-electron chi connectivity index (χ1n) is 8.49. The van der Waals surface area contributed by atoms with Gasteiger partial charge < -0.3 is 24.8 Å². The Bertz CT molecular complexity index is 1010. The summed E-state index contributed by atoms with van der Waals surface area (Å²) in [6.07, 6.45) is 1.47. The summed E-state index contributed by atoms with van der Waals surface area (Å²) in [5.74, 6) is 1.80. The minimum Gasteiger partial charge on any atom is -0.465 e. The van der Waals surface area contributed by atoms with Gasteiger partial charge in [-0.2, -0.15) is 10.1 Å². The summed E-state index contributed by atoms with van der Waals surface area (Å²) in [7, 11) is 1.34. The summed E-state index contributed by atoms with van der Waals surface area (Å²) in [6.45, 7) is 0.723. The lowest BCUT2D eigenvalue weighted by molar-refractivity contribution is 0.0602. The van der Waals surface area contributed by atoms with Crippen LogP contribution < -0.4 is 20.1 Å². The Hall–Kier alpha value is -3.88. The number of hydrogen-bond acceptors (Lipinski definition) is 9. The van der Waals surface area contributed by atoms with E-state index < -0.39 is 5.97 Å². The van der Waals surface area contributed by atoms with Gasteiger partial charge in [0.25, 0.3) is 0 Å². The second kappa shape index (κ2) is 7.78. The molecule has 0 radical (unpaired) electrons. The third-order valence-corrected chi connectivity index (χ3v) is 4.04. The third-order valence-electron chi connectivity index (χ3n) is 4.04. The summed E-state index contributed by atoms with van der Waals surface area (Å²) in [6, 6.07) is 12.7. The minimum absolute atomic E-state index is 0.236. The Morgan fingerprint density at radius 1 is 1.18 bits per heavy atom. The quantitative estimate of drug-likeness (QED) is 0.625. The van der Waals surface area contributed by atoms with E-state index in [-0.39, 0.29) is 6.79 Å². The molecule has 0 amide bonds. The number of esters is 1. The van der Waals surface area contributed by atoms with Crippen molar-refractivity contribution in [1.82, 2.24) is 15.2 Å². The highest BCUT2D eigenvalue weighted by molar-refractivity contribution is 5.96. The van der Waals surface area contributed by atoms with Crippen LogP contribution in [-0.4, -0.2) is 35.1 Å². The number of nitrogens with zero attached hydrogens (tertiary/aromatic N) is 3. The third kappa shape index (κ3) is 3.78. The maximum Gasteiger partial charge on any atom is 0.339 e. The van der Waals surface area contributed by atoms with E-state index in [1.165, 1.54) is 13.3 Å². The largest absolute Gasteiger partial charge is 0.465 e. The van der Waals surface area contributed by atoms with Crippen LogP contribution in [0, 0.1) is 0 Å². The molecule has 0 unspecified atom stereocenters. The lowest BCUT2D eigenvalue weighted by Gasteiger charge is -2.10. The fourth-order valence-corrected chi connectivity index (χ4v) is 2.69. The molecule has 1 aliphatic heterocycles. The van der Waals surface area contributed by atoms with Crippen molar-refractivity contribution >= 4 is 23.4 Å². The summed E-state index contributed by atoms with van der Waals surface area (Å²) < 4.78 is 15.5. The first-order chi connectivity index (χ1) is 13.7. The number of ether oxygens (including phenoxy) is 3. The van der Waals surface area contributed by atoms with Crippen molar-refractivity contribution in [2.45, 2.75) is 6.54 Å². The first-order valence-corrected chi connectivity index (χ1v) is 8.49. The van der Waals surface area contributed by atoms with Gasteiger partial charge >= 0.3 is 5.97 Å². The number of carbonyl (C=O) groups excluding carboxylic acids is 1. The Morgan fingerprint density at radius 3 is 2.93 bits per heavy atom. The summed E-state index contributed by atoms with van der Waals surface area (Å²) >= 11 is 0. The van der Waals surface area contributed by atoms with Crippen LogP contribution in [0.25, 0.3) is 0 Å². The molecular weight excluding hydrogens is 362 g/mol. The van der Waals surface area contributed by atoms with Crippen LogP contribution in [0.15, 0.2) is 48.7 Å². The van der Waals surface area contributed by atoms with Crippen LogP contribution in [0.3, 0.4) is 0 Å². The summed E-state index contributed by atoms with van der Waals surface area (Å²) in [4.78, 5) is 16.3. The van der Waals surface area contributed by atoms with Crippen molar-refractivity contribution in [3.8, 4) is 11.5 Å². The molecule has 2 aromatic carbocycles. The molecular formula is C19H17N5O4. The van der Waals surface area contributed by atoms with E-state index in [9.17, 15) is 4.79 Å². The highest BCUT2D eigenvalue weighted by Crippen LogP contribution is 2.32. The van der Waals surface area contributed by atoms with Gasteiger partial charge in [0.15, 0.2) is 17.3 Å². The molecule has 4 rings (SSSR count). The monoisotopic (exact) mass is 379 g/mol. The smallest absolute Gasteiger partial charge is 0.339 e. The number of methoxy groups -OCH3 is 1. The lowest BCUT2D eigenvalue weighted by Crippen LogP contribution is -2.08. The van der Waals surface area contributed by atoms with Gasteiger partial charge in [-0.05, 0) is 29.8 Å². The van der Waals surface area contributed by atoms with Crippen molar-refractivity contribution in [3.63, 3.8) is 0 Å². The Balaban J connectivity index is 1.46. The molecule has 2 N–H and O–H groups in total. The van der Waals surface area contributed by atoms with Crippen molar-refractivity contribution < 1.29 is 19.0 Å². The molecule has 0 spiro atoms. The Labute approximate surface area is 160 Å². The fraction of sp³-hybridized carbons (Fsp3) is 0.158. The van der Waals surface area contributed by atoms with Crippen molar-refractivity contribution in [1.29, 1.82) is 0 Å². The van der Waals surface area contributed by atoms with Crippen molar-refractivity contribution in [3.05, 3.63) is 59.8 Å². The van der Waals surface area contributed by atoms with E-state index in [2.05, 4.69) is 25.8 Å². The minimum atomic E-state index is -0.439. The van der Waals surface area contributed by atoms with Gasteiger partial charge in [-0.15, -0.1) is 5.10 Å². The zero-order chi connectivity index (χ0) is 19.3. The number of nitrogens with one attached hydrogen (secondary N) is 2. The second-order valence-electron chi connectivity index (χ2n) is 5.87. The van der Waals surface area contributed by atoms with Crippen LogP contribution >= 0.6 is 0 Å². The Kier molecular flexibility index (Phi) is 4.87. The van der Waals surface area contributed by atoms with Gasteiger partial charge in [0.2, 0.25) is 12.7 Å². The number of benzene rings is 2. The van der Waals surface area contributed by atoms with Crippen LogP contribution in [-0.2, 0) is 11.3 Å².